The van der Waals surface area contributed by atoms with Gasteiger partial charge in [-0.05, 0) is 56.3 Å². The molecule has 4 aliphatic carbocycles. The van der Waals surface area contributed by atoms with Gasteiger partial charge < -0.3 is 9.47 Å². The lowest BCUT2D eigenvalue weighted by atomic mass is 9.54. The van der Waals surface area contributed by atoms with Gasteiger partial charge in [-0.2, -0.15) is 17.2 Å². The van der Waals surface area contributed by atoms with Crippen LogP contribution >= 0.6 is 0 Å². The summed E-state index contributed by atoms with van der Waals surface area (Å²) in [5.41, 5.74) is -0.263. The molecule has 4 aliphatic rings. The SMILES string of the molecule is O=S(=O)(O)c1c(F)c(F)c(OCCOC23CC4CC(CC(C4)C2)C3)c(F)c1F. The molecule has 0 radical (unpaired) electrons. The summed E-state index contributed by atoms with van der Waals surface area (Å²) < 4.78 is 96.9. The largest absolute Gasteiger partial charge is 0.485 e. The van der Waals surface area contributed by atoms with Crippen molar-refractivity contribution in [3.05, 3.63) is 23.3 Å². The van der Waals surface area contributed by atoms with Gasteiger partial charge in [0, 0.05) is 0 Å². The Kier molecular flexibility index (Phi) is 4.86. The summed E-state index contributed by atoms with van der Waals surface area (Å²) in [4.78, 5) is -2.08. The number of hydrogen-bond acceptors (Lipinski definition) is 4. The second-order valence-corrected chi connectivity index (χ2v) is 9.55. The van der Waals surface area contributed by atoms with Crippen LogP contribution in [-0.4, -0.2) is 31.8 Å². The Hall–Kier alpha value is -1.39. The van der Waals surface area contributed by atoms with Crippen LogP contribution in [0.1, 0.15) is 38.5 Å². The molecule has 1 N–H and O–H groups in total. The van der Waals surface area contributed by atoms with Crippen molar-refractivity contribution in [2.24, 2.45) is 17.8 Å². The quantitative estimate of drug-likeness (QED) is 0.325. The van der Waals surface area contributed by atoms with E-state index in [0.29, 0.717) is 17.8 Å². The average molecular weight is 424 g/mol. The highest BCUT2D eigenvalue weighted by molar-refractivity contribution is 7.85. The minimum atomic E-state index is -5.49. The van der Waals surface area contributed by atoms with Crippen LogP contribution in [0.15, 0.2) is 4.90 Å². The molecular weight excluding hydrogens is 404 g/mol. The fourth-order valence-corrected chi connectivity index (χ4v) is 6.19. The Labute approximate surface area is 159 Å². The first kappa shape index (κ1) is 19.9. The zero-order valence-corrected chi connectivity index (χ0v) is 15.7. The summed E-state index contributed by atoms with van der Waals surface area (Å²) in [5, 5.41) is 0. The molecule has 1 aromatic carbocycles. The normalized spacial score (nSPS) is 31.4. The van der Waals surface area contributed by atoms with Crippen molar-refractivity contribution in [1.29, 1.82) is 0 Å². The van der Waals surface area contributed by atoms with Gasteiger partial charge in [0.05, 0.1) is 12.2 Å². The van der Waals surface area contributed by atoms with Crippen molar-refractivity contribution >= 4 is 10.1 Å². The Morgan fingerprint density at radius 1 is 0.857 bits per heavy atom. The van der Waals surface area contributed by atoms with E-state index in [1.165, 1.54) is 19.3 Å². The fraction of sp³-hybridized carbons (Fsp3) is 0.667. The predicted molar refractivity (Wildman–Crippen MR) is 88.4 cm³/mol. The first-order valence-corrected chi connectivity index (χ1v) is 10.6. The van der Waals surface area contributed by atoms with E-state index in [1.54, 1.807) is 0 Å². The van der Waals surface area contributed by atoms with Crippen molar-refractivity contribution in [1.82, 2.24) is 0 Å². The highest BCUT2D eigenvalue weighted by Gasteiger charge is 2.51. The minimum Gasteiger partial charge on any atom is -0.485 e. The number of ether oxygens (including phenoxy) is 2. The van der Waals surface area contributed by atoms with Crippen molar-refractivity contribution in [3.63, 3.8) is 0 Å². The molecule has 10 heteroatoms. The van der Waals surface area contributed by atoms with Gasteiger partial charge in [-0.15, -0.1) is 0 Å². The first-order chi connectivity index (χ1) is 13.1. The molecule has 4 bridgehead atoms. The molecule has 0 saturated heterocycles. The van der Waals surface area contributed by atoms with Crippen LogP contribution in [-0.2, 0) is 14.9 Å². The van der Waals surface area contributed by atoms with Crippen molar-refractivity contribution in [2.75, 3.05) is 13.2 Å². The molecule has 28 heavy (non-hydrogen) atoms. The Bertz CT molecular complexity index is 837. The third-order valence-corrected chi connectivity index (χ3v) is 7.04. The van der Waals surface area contributed by atoms with Gasteiger partial charge in [-0.1, -0.05) is 0 Å². The summed E-state index contributed by atoms with van der Waals surface area (Å²) in [5.74, 6) is -7.99. The molecule has 0 atom stereocenters. The fourth-order valence-electron chi connectivity index (χ4n) is 5.55. The lowest BCUT2D eigenvalue weighted by Gasteiger charge is -2.56. The molecular formula is C18H20F4O5S. The topological polar surface area (TPSA) is 72.8 Å². The van der Waals surface area contributed by atoms with Crippen LogP contribution in [0.2, 0.25) is 0 Å². The van der Waals surface area contributed by atoms with E-state index in [1.807, 2.05) is 0 Å². The molecule has 4 fully saturated rings. The van der Waals surface area contributed by atoms with Crippen molar-refractivity contribution in [2.45, 2.75) is 49.0 Å². The average Bonchev–Trinajstić information content (AvgIpc) is 2.57. The highest BCUT2D eigenvalue weighted by Crippen LogP contribution is 2.57. The van der Waals surface area contributed by atoms with Gasteiger partial charge in [0.2, 0.25) is 11.6 Å². The van der Waals surface area contributed by atoms with Crippen LogP contribution in [0.4, 0.5) is 17.6 Å². The second-order valence-electron chi connectivity index (χ2n) is 8.19. The molecule has 4 saturated carbocycles. The van der Waals surface area contributed by atoms with Crippen molar-refractivity contribution in [3.8, 4) is 5.75 Å². The Morgan fingerprint density at radius 2 is 1.32 bits per heavy atom. The first-order valence-electron chi connectivity index (χ1n) is 9.20. The van der Waals surface area contributed by atoms with Crippen LogP contribution in [0.25, 0.3) is 0 Å². The zero-order chi connectivity index (χ0) is 20.3. The van der Waals surface area contributed by atoms with E-state index in [-0.39, 0.29) is 18.8 Å². The van der Waals surface area contributed by atoms with E-state index in [4.69, 9.17) is 14.0 Å². The Morgan fingerprint density at radius 3 is 1.75 bits per heavy atom. The molecule has 0 aromatic heterocycles. The van der Waals surface area contributed by atoms with Crippen LogP contribution in [0, 0.1) is 41.0 Å². The van der Waals surface area contributed by atoms with Gasteiger partial charge in [0.25, 0.3) is 0 Å². The van der Waals surface area contributed by atoms with E-state index in [0.717, 1.165) is 19.3 Å². The highest BCUT2D eigenvalue weighted by atomic mass is 32.2. The molecule has 1 aromatic rings. The summed E-state index contributed by atoms with van der Waals surface area (Å²) >= 11 is 0. The maximum atomic E-state index is 14.0. The molecule has 0 spiro atoms. The van der Waals surface area contributed by atoms with Crippen LogP contribution < -0.4 is 4.74 Å². The third-order valence-electron chi connectivity index (χ3n) is 6.16. The maximum absolute atomic E-state index is 14.0. The van der Waals surface area contributed by atoms with E-state index >= 15 is 0 Å². The molecule has 0 heterocycles. The standard InChI is InChI=1S/C18H20F4O5S/c19-12-14(21)17(28(23,24)25)15(22)13(20)16(12)26-1-2-27-18-6-9-3-10(7-18)5-11(4-9)8-18/h9-11H,1-8H2,(H,23,24,25). The molecule has 5 rings (SSSR count). The second kappa shape index (κ2) is 6.84. The summed E-state index contributed by atoms with van der Waals surface area (Å²) in [6.07, 6.45) is 6.46. The lowest BCUT2D eigenvalue weighted by Crippen LogP contribution is -2.52. The van der Waals surface area contributed by atoms with Crippen LogP contribution in [0.5, 0.6) is 5.75 Å². The van der Waals surface area contributed by atoms with Crippen molar-refractivity contribution < 1.29 is 40.0 Å². The van der Waals surface area contributed by atoms with E-state index in [2.05, 4.69) is 0 Å². The molecule has 0 unspecified atom stereocenters. The van der Waals surface area contributed by atoms with Gasteiger partial charge in [-0.25, -0.2) is 8.78 Å². The number of hydrogen-bond donors (Lipinski definition) is 1. The zero-order valence-electron chi connectivity index (χ0n) is 14.9. The summed E-state index contributed by atoms with van der Waals surface area (Å²) in [7, 11) is -5.49. The lowest BCUT2D eigenvalue weighted by molar-refractivity contribution is -0.165. The predicted octanol–water partition coefficient (Wildman–Crippen LogP) is 3.85. The summed E-state index contributed by atoms with van der Waals surface area (Å²) in [6.45, 7) is -0.381. The number of benzene rings is 1. The number of halogens is 4. The molecule has 0 aliphatic heterocycles. The maximum Gasteiger partial charge on any atom is 0.300 e. The molecule has 0 amide bonds. The molecule has 5 nitrogen and oxygen atoms in total. The smallest absolute Gasteiger partial charge is 0.300 e. The summed E-state index contributed by atoms with van der Waals surface area (Å²) in [6, 6.07) is 0. The minimum absolute atomic E-state index is 0.0195. The van der Waals surface area contributed by atoms with Crippen LogP contribution in [0.3, 0.4) is 0 Å². The Balaban J connectivity index is 1.43. The monoisotopic (exact) mass is 424 g/mol. The van der Waals surface area contributed by atoms with Gasteiger partial charge >= 0.3 is 10.1 Å². The van der Waals surface area contributed by atoms with Gasteiger partial charge in [0.15, 0.2) is 22.3 Å². The third kappa shape index (κ3) is 3.39. The van der Waals surface area contributed by atoms with E-state index < -0.39 is 44.0 Å². The van der Waals surface area contributed by atoms with Gasteiger partial charge in [-0.3, -0.25) is 4.55 Å². The molecule has 156 valence electrons. The van der Waals surface area contributed by atoms with Gasteiger partial charge in [0.1, 0.15) is 6.61 Å². The van der Waals surface area contributed by atoms with E-state index in [9.17, 15) is 26.0 Å². The number of rotatable bonds is 6.